The molecular weight excluding hydrogens is 229 g/mol. The Morgan fingerprint density at radius 1 is 1.47 bits per heavy atom. The molecular formula is C11H12FNO4. The lowest BCUT2D eigenvalue weighted by molar-refractivity contribution is -0.137. The Labute approximate surface area is 97.4 Å². The summed E-state index contributed by atoms with van der Waals surface area (Å²) in [5, 5.41) is 8.56. The van der Waals surface area contributed by atoms with Crippen molar-refractivity contribution in [1.82, 2.24) is 4.90 Å². The number of rotatable bonds is 4. The molecule has 92 valence electrons. The Morgan fingerprint density at radius 2 is 2.12 bits per heavy atom. The van der Waals surface area contributed by atoms with E-state index in [9.17, 15) is 14.0 Å². The van der Waals surface area contributed by atoms with E-state index in [0.717, 1.165) is 11.0 Å². The molecule has 1 aromatic rings. The van der Waals surface area contributed by atoms with Gasteiger partial charge in [-0.25, -0.2) is 4.39 Å². The standard InChI is InChI=1S/C11H12FNO4/c1-13(6-9(14)15)11(16)10-7(12)4-3-5-8(10)17-2/h3-5H,6H2,1-2H3,(H,14,15). The number of carboxylic acids is 1. The van der Waals surface area contributed by atoms with E-state index in [2.05, 4.69) is 0 Å². The van der Waals surface area contributed by atoms with Gasteiger partial charge in [-0.2, -0.15) is 0 Å². The summed E-state index contributed by atoms with van der Waals surface area (Å²) in [6, 6.07) is 3.96. The Bertz CT molecular complexity index is 447. The maximum atomic E-state index is 13.5. The number of carbonyl (C=O) groups excluding carboxylic acids is 1. The highest BCUT2D eigenvalue weighted by molar-refractivity contribution is 5.98. The zero-order valence-corrected chi connectivity index (χ0v) is 9.44. The molecule has 0 aliphatic heterocycles. The second-order valence-corrected chi connectivity index (χ2v) is 3.37. The molecule has 0 spiro atoms. The van der Waals surface area contributed by atoms with E-state index in [1.54, 1.807) is 0 Å². The number of amides is 1. The molecule has 1 N–H and O–H groups in total. The first-order chi connectivity index (χ1) is 7.97. The van der Waals surface area contributed by atoms with Crippen LogP contribution in [0.1, 0.15) is 10.4 Å². The Hall–Kier alpha value is -2.11. The highest BCUT2D eigenvalue weighted by Crippen LogP contribution is 2.22. The molecule has 0 saturated heterocycles. The number of likely N-dealkylation sites (N-methyl/N-ethyl adjacent to an activating group) is 1. The number of aliphatic carboxylic acids is 1. The predicted molar refractivity (Wildman–Crippen MR) is 57.5 cm³/mol. The van der Waals surface area contributed by atoms with Crippen LogP contribution in [0, 0.1) is 5.82 Å². The number of hydrogen-bond acceptors (Lipinski definition) is 3. The number of hydrogen-bond donors (Lipinski definition) is 1. The quantitative estimate of drug-likeness (QED) is 0.853. The summed E-state index contributed by atoms with van der Waals surface area (Å²) in [5.74, 6) is -2.57. The molecule has 0 aromatic heterocycles. The lowest BCUT2D eigenvalue weighted by Crippen LogP contribution is -2.32. The van der Waals surface area contributed by atoms with E-state index in [1.165, 1.54) is 26.3 Å². The molecule has 17 heavy (non-hydrogen) atoms. The van der Waals surface area contributed by atoms with Crippen molar-refractivity contribution in [3.63, 3.8) is 0 Å². The van der Waals surface area contributed by atoms with Gasteiger partial charge >= 0.3 is 5.97 Å². The van der Waals surface area contributed by atoms with Crippen LogP contribution < -0.4 is 4.74 Å². The second-order valence-electron chi connectivity index (χ2n) is 3.37. The molecule has 0 unspecified atom stereocenters. The van der Waals surface area contributed by atoms with Crippen molar-refractivity contribution in [2.24, 2.45) is 0 Å². The van der Waals surface area contributed by atoms with Gasteiger partial charge in [-0.05, 0) is 12.1 Å². The zero-order valence-electron chi connectivity index (χ0n) is 9.44. The highest BCUT2D eigenvalue weighted by atomic mass is 19.1. The fraction of sp³-hybridized carbons (Fsp3) is 0.273. The van der Waals surface area contributed by atoms with Gasteiger partial charge in [0.25, 0.3) is 5.91 Å². The minimum absolute atomic E-state index is 0.0761. The molecule has 0 bridgehead atoms. The van der Waals surface area contributed by atoms with Gasteiger partial charge in [0.15, 0.2) is 0 Å². The van der Waals surface area contributed by atoms with E-state index in [-0.39, 0.29) is 11.3 Å². The molecule has 0 aliphatic rings. The van der Waals surface area contributed by atoms with Crippen molar-refractivity contribution < 1.29 is 23.8 Å². The number of carboxylic acid groups (broad SMARTS) is 1. The lowest BCUT2D eigenvalue weighted by atomic mass is 10.1. The van der Waals surface area contributed by atoms with Crippen molar-refractivity contribution in [2.75, 3.05) is 20.7 Å². The van der Waals surface area contributed by atoms with E-state index in [0.29, 0.717) is 0 Å². The first-order valence-electron chi connectivity index (χ1n) is 4.77. The maximum Gasteiger partial charge on any atom is 0.323 e. The number of carbonyl (C=O) groups is 2. The molecule has 0 aliphatic carbocycles. The van der Waals surface area contributed by atoms with E-state index >= 15 is 0 Å². The van der Waals surface area contributed by atoms with Crippen molar-refractivity contribution in [2.45, 2.75) is 0 Å². The molecule has 0 heterocycles. The number of methoxy groups -OCH3 is 1. The van der Waals surface area contributed by atoms with Crippen LogP contribution in [-0.4, -0.2) is 42.6 Å². The Morgan fingerprint density at radius 3 is 2.65 bits per heavy atom. The third-order valence-electron chi connectivity index (χ3n) is 2.13. The summed E-state index contributed by atoms with van der Waals surface area (Å²) in [6.07, 6.45) is 0. The summed E-state index contributed by atoms with van der Waals surface area (Å²) in [4.78, 5) is 23.2. The average Bonchev–Trinajstić information content (AvgIpc) is 2.26. The number of ether oxygens (including phenoxy) is 1. The molecule has 1 aromatic carbocycles. The molecule has 1 amide bonds. The third kappa shape index (κ3) is 2.93. The summed E-state index contributed by atoms with van der Waals surface area (Å²) < 4.78 is 18.4. The maximum absolute atomic E-state index is 13.5. The van der Waals surface area contributed by atoms with Gasteiger partial charge in [-0.15, -0.1) is 0 Å². The van der Waals surface area contributed by atoms with Gasteiger partial charge in [0.1, 0.15) is 23.7 Å². The summed E-state index contributed by atoms with van der Waals surface area (Å²) in [7, 11) is 2.59. The van der Waals surface area contributed by atoms with Crippen LogP contribution in [0.2, 0.25) is 0 Å². The normalized spacial score (nSPS) is 9.82. The molecule has 1 rings (SSSR count). The number of halogens is 1. The van der Waals surface area contributed by atoms with E-state index < -0.39 is 24.2 Å². The van der Waals surface area contributed by atoms with Crippen LogP contribution in [0.4, 0.5) is 4.39 Å². The van der Waals surface area contributed by atoms with Crippen LogP contribution in [0.3, 0.4) is 0 Å². The molecule has 0 radical (unpaired) electrons. The van der Waals surface area contributed by atoms with Gasteiger partial charge < -0.3 is 14.7 Å². The fourth-order valence-corrected chi connectivity index (χ4v) is 1.35. The van der Waals surface area contributed by atoms with Crippen LogP contribution in [0.5, 0.6) is 5.75 Å². The highest BCUT2D eigenvalue weighted by Gasteiger charge is 2.22. The topological polar surface area (TPSA) is 66.8 Å². The van der Waals surface area contributed by atoms with Crippen LogP contribution in [0.25, 0.3) is 0 Å². The Kier molecular flexibility index (Phi) is 4.03. The van der Waals surface area contributed by atoms with Crippen molar-refractivity contribution in [3.05, 3.63) is 29.6 Å². The van der Waals surface area contributed by atoms with E-state index in [1.807, 2.05) is 0 Å². The first-order valence-corrected chi connectivity index (χ1v) is 4.77. The van der Waals surface area contributed by atoms with Crippen LogP contribution >= 0.6 is 0 Å². The largest absolute Gasteiger partial charge is 0.496 e. The van der Waals surface area contributed by atoms with Crippen LogP contribution in [0.15, 0.2) is 18.2 Å². The average molecular weight is 241 g/mol. The van der Waals surface area contributed by atoms with Gasteiger partial charge in [0.05, 0.1) is 7.11 Å². The van der Waals surface area contributed by atoms with Gasteiger partial charge in [-0.1, -0.05) is 6.07 Å². The SMILES string of the molecule is COc1cccc(F)c1C(=O)N(C)CC(=O)O. The molecule has 0 atom stereocenters. The molecule has 5 nitrogen and oxygen atoms in total. The van der Waals surface area contributed by atoms with E-state index in [4.69, 9.17) is 9.84 Å². The number of benzene rings is 1. The summed E-state index contributed by atoms with van der Waals surface area (Å²) in [5.41, 5.74) is -0.265. The predicted octanol–water partition coefficient (Wildman–Crippen LogP) is 0.991. The lowest BCUT2D eigenvalue weighted by Gasteiger charge is -2.16. The smallest absolute Gasteiger partial charge is 0.323 e. The molecule has 0 saturated carbocycles. The zero-order chi connectivity index (χ0) is 13.0. The minimum atomic E-state index is -1.17. The van der Waals surface area contributed by atoms with Gasteiger partial charge in [0.2, 0.25) is 0 Å². The fourth-order valence-electron chi connectivity index (χ4n) is 1.35. The Balaban J connectivity index is 3.07. The third-order valence-corrected chi connectivity index (χ3v) is 2.13. The second kappa shape index (κ2) is 5.29. The van der Waals surface area contributed by atoms with Crippen molar-refractivity contribution in [1.29, 1.82) is 0 Å². The summed E-state index contributed by atoms with van der Waals surface area (Å²) in [6.45, 7) is -0.504. The van der Waals surface area contributed by atoms with Gasteiger partial charge in [-0.3, -0.25) is 9.59 Å². The van der Waals surface area contributed by atoms with Gasteiger partial charge in [0, 0.05) is 7.05 Å². The van der Waals surface area contributed by atoms with Crippen LogP contribution in [-0.2, 0) is 4.79 Å². The van der Waals surface area contributed by atoms with Crippen molar-refractivity contribution >= 4 is 11.9 Å². The van der Waals surface area contributed by atoms with Crippen molar-refractivity contribution in [3.8, 4) is 5.75 Å². The molecule has 0 fully saturated rings. The first kappa shape index (κ1) is 13.0. The molecule has 6 heteroatoms. The summed E-state index contributed by atoms with van der Waals surface area (Å²) >= 11 is 0. The minimum Gasteiger partial charge on any atom is -0.496 e. The number of nitrogens with zero attached hydrogens (tertiary/aromatic N) is 1. The monoisotopic (exact) mass is 241 g/mol.